The first-order valence-electron chi connectivity index (χ1n) is 23.4. The fraction of sp³-hybridized carbons (Fsp3) is 0.480. The van der Waals surface area contributed by atoms with E-state index < -0.39 is 0 Å². The van der Waals surface area contributed by atoms with Crippen molar-refractivity contribution in [3.05, 3.63) is 98.7 Å². The Labute approximate surface area is 385 Å². The molecule has 2 aliphatic carbocycles. The molecule has 3 aliphatic heterocycles. The molecule has 14 nitrogen and oxygen atoms in total. The maximum absolute atomic E-state index is 13.3. The second-order valence-electron chi connectivity index (χ2n) is 18.8. The molecule has 1 amide bonds. The Morgan fingerprint density at radius 2 is 1.62 bits per heavy atom. The number of carbonyl (C=O) groups is 1. The average Bonchev–Trinajstić information content (AvgIpc) is 4.18. The fourth-order valence-corrected chi connectivity index (χ4v) is 10.6. The molecular formula is C50H58ClN11O3. The van der Waals surface area contributed by atoms with E-state index in [1.807, 2.05) is 24.6 Å². The van der Waals surface area contributed by atoms with Crippen LogP contribution in [0.15, 0.2) is 65.6 Å². The molecule has 0 bridgehead atoms. The summed E-state index contributed by atoms with van der Waals surface area (Å²) < 4.78 is 7.94. The molecule has 10 rings (SSSR count). The third-order valence-electron chi connectivity index (χ3n) is 14.5. The number of nitriles is 1. The number of amides is 1. The van der Waals surface area contributed by atoms with Gasteiger partial charge in [0.1, 0.15) is 11.8 Å². The molecule has 0 atom stereocenters. The Kier molecular flexibility index (Phi) is 12.0. The third-order valence-corrected chi connectivity index (χ3v) is 14.8. The molecule has 0 unspecified atom stereocenters. The summed E-state index contributed by atoms with van der Waals surface area (Å²) in [5.41, 5.74) is 8.37. The van der Waals surface area contributed by atoms with Crippen molar-refractivity contribution in [3.63, 3.8) is 0 Å². The highest BCUT2D eigenvalue weighted by molar-refractivity contribution is 6.31. The van der Waals surface area contributed by atoms with Gasteiger partial charge < -0.3 is 34.2 Å². The second-order valence-corrected chi connectivity index (χ2v) is 19.3. The van der Waals surface area contributed by atoms with Gasteiger partial charge in [-0.1, -0.05) is 11.6 Å². The Bertz CT molecular complexity index is 2670. The summed E-state index contributed by atoms with van der Waals surface area (Å²) in [5, 5.41) is 22.6. The Morgan fingerprint density at radius 1 is 0.831 bits per heavy atom. The number of fused-ring (bicyclic) bond motifs is 2. The summed E-state index contributed by atoms with van der Waals surface area (Å²) in [6.07, 6.45) is 9.94. The zero-order valence-corrected chi connectivity index (χ0v) is 38.4. The van der Waals surface area contributed by atoms with Crippen LogP contribution in [0.1, 0.15) is 84.6 Å². The standard InChI is InChI=1S/C50H58ClN11O3/c1-32-24-40-44(58(3)50(32)64)25-37(26-45(40)62-23-18-57(2)46-28-43(34-4-5-34)53-30-47(46)62)60-21-19-59(20-22-60)31-33-14-16-61(17-15-33)48-13-12-42(55-56-48)49(63)54-36-7-10-38(11-8-36)65-39-9-6-35(29-52)41(51)27-39/h6,9,12-13,24-28,30,33-34,36,38H,4-5,7-8,10-11,14-23,31H2,1-3H3,(H,54,63). The number of nitrogens with zero attached hydrogens (tertiary/aromatic N) is 10. The van der Waals surface area contributed by atoms with Crippen LogP contribution in [-0.4, -0.2) is 109 Å². The molecule has 4 fully saturated rings. The summed E-state index contributed by atoms with van der Waals surface area (Å²) >= 11 is 6.18. The quantitative estimate of drug-likeness (QED) is 0.152. The van der Waals surface area contributed by atoms with Crippen LogP contribution in [0.2, 0.25) is 5.02 Å². The maximum Gasteiger partial charge on any atom is 0.272 e. The number of likely N-dealkylation sites (N-methyl/N-ethyl adjacent to an activating group) is 1. The number of hydrogen-bond acceptors (Lipinski definition) is 12. The van der Waals surface area contributed by atoms with Crippen molar-refractivity contribution < 1.29 is 9.53 Å². The third kappa shape index (κ3) is 9.05. The number of carbonyl (C=O) groups excluding carboxylic acids is 1. The summed E-state index contributed by atoms with van der Waals surface area (Å²) in [7, 11) is 4.08. The zero-order chi connectivity index (χ0) is 44.8. The predicted molar refractivity (Wildman–Crippen MR) is 256 cm³/mol. The second kappa shape index (κ2) is 18.2. The molecule has 1 N–H and O–H groups in total. The molecule has 338 valence electrons. The first kappa shape index (κ1) is 43.0. The first-order chi connectivity index (χ1) is 31.6. The monoisotopic (exact) mass is 895 g/mol. The lowest BCUT2D eigenvalue weighted by molar-refractivity contribution is 0.0888. The van der Waals surface area contributed by atoms with Gasteiger partial charge in [0.05, 0.1) is 45.5 Å². The minimum atomic E-state index is -0.201. The number of aryl methyl sites for hydroxylation is 2. The molecule has 3 aromatic heterocycles. The average molecular weight is 897 g/mol. The van der Waals surface area contributed by atoms with Crippen LogP contribution in [0.5, 0.6) is 5.75 Å². The van der Waals surface area contributed by atoms with E-state index in [1.165, 1.54) is 24.2 Å². The number of hydrogen-bond donors (Lipinski definition) is 1. The topological polar surface area (TPSA) is 139 Å². The van der Waals surface area contributed by atoms with Gasteiger partial charge in [-0.3, -0.25) is 19.5 Å². The number of benzene rings is 2. The Balaban J connectivity index is 0.717. The largest absolute Gasteiger partial charge is 0.490 e. The van der Waals surface area contributed by atoms with E-state index in [1.54, 1.807) is 24.3 Å². The number of pyridine rings is 2. The Hall–Kier alpha value is -5.91. The van der Waals surface area contributed by atoms with Crippen LogP contribution < -0.4 is 35.2 Å². The maximum atomic E-state index is 13.3. The number of nitrogens with one attached hydrogen (secondary N) is 1. The van der Waals surface area contributed by atoms with Crippen LogP contribution in [-0.2, 0) is 7.05 Å². The number of anilines is 5. The molecule has 15 heteroatoms. The van der Waals surface area contributed by atoms with Gasteiger partial charge in [-0.15, -0.1) is 10.2 Å². The fourth-order valence-electron chi connectivity index (χ4n) is 10.4. The molecule has 5 aromatic rings. The summed E-state index contributed by atoms with van der Waals surface area (Å²) in [5.74, 6) is 2.47. The molecule has 2 aromatic carbocycles. The van der Waals surface area contributed by atoms with Gasteiger partial charge in [0.15, 0.2) is 11.5 Å². The summed E-state index contributed by atoms with van der Waals surface area (Å²) in [6, 6.07) is 19.9. The minimum absolute atomic E-state index is 0.0328. The predicted octanol–water partition coefficient (Wildman–Crippen LogP) is 7.18. The van der Waals surface area contributed by atoms with Gasteiger partial charge in [-0.25, -0.2) is 0 Å². The lowest BCUT2D eigenvalue weighted by Gasteiger charge is -2.41. The van der Waals surface area contributed by atoms with Gasteiger partial charge >= 0.3 is 0 Å². The zero-order valence-electron chi connectivity index (χ0n) is 37.7. The number of halogens is 1. The number of aromatic nitrogens is 4. The number of ether oxygens (including phenoxy) is 1. The van der Waals surface area contributed by atoms with E-state index >= 15 is 0 Å². The van der Waals surface area contributed by atoms with E-state index in [9.17, 15) is 9.59 Å². The van der Waals surface area contributed by atoms with Crippen molar-refractivity contribution >= 4 is 57.0 Å². The van der Waals surface area contributed by atoms with E-state index in [4.69, 9.17) is 26.6 Å². The summed E-state index contributed by atoms with van der Waals surface area (Å²) in [4.78, 5) is 43.5. The highest BCUT2D eigenvalue weighted by Gasteiger charge is 2.31. The van der Waals surface area contributed by atoms with Crippen LogP contribution >= 0.6 is 11.6 Å². The molecule has 0 spiro atoms. The number of rotatable bonds is 10. The van der Waals surface area contributed by atoms with Crippen molar-refractivity contribution in [1.29, 1.82) is 5.26 Å². The van der Waals surface area contributed by atoms with Crippen LogP contribution in [0.4, 0.5) is 28.6 Å². The van der Waals surface area contributed by atoms with Crippen LogP contribution in [0.3, 0.4) is 0 Å². The minimum Gasteiger partial charge on any atom is -0.490 e. The molecule has 65 heavy (non-hydrogen) atoms. The van der Waals surface area contributed by atoms with Gasteiger partial charge in [0.2, 0.25) is 0 Å². The number of piperidine rings is 1. The van der Waals surface area contributed by atoms with Crippen molar-refractivity contribution in [3.8, 4) is 11.8 Å². The molecular weight excluding hydrogens is 838 g/mol. The van der Waals surface area contributed by atoms with E-state index in [-0.39, 0.29) is 23.6 Å². The highest BCUT2D eigenvalue weighted by atomic mass is 35.5. The SMILES string of the molecule is Cc1cc2c(N3CCN(C)c4cc(C5CC5)ncc43)cc(N3CCN(CC4CCN(c5ccc(C(=O)NC6CCC(Oc7ccc(C#N)c(Cl)c7)CC6)nn5)CC4)CC3)cc2n(C)c1=O. The van der Waals surface area contributed by atoms with Crippen molar-refractivity contribution in [1.82, 2.24) is 30.0 Å². The molecule has 5 aliphatic rings. The lowest BCUT2D eigenvalue weighted by atomic mass is 9.93. The summed E-state index contributed by atoms with van der Waals surface area (Å²) in [6.45, 7) is 10.4. The van der Waals surface area contributed by atoms with Gasteiger partial charge in [0, 0.05) is 113 Å². The van der Waals surface area contributed by atoms with E-state index in [2.05, 4.69) is 83.6 Å². The lowest BCUT2D eigenvalue weighted by Crippen LogP contribution is -2.49. The van der Waals surface area contributed by atoms with Crippen LogP contribution in [0, 0.1) is 24.2 Å². The first-order valence-corrected chi connectivity index (χ1v) is 23.8. The van der Waals surface area contributed by atoms with E-state index in [0.29, 0.717) is 33.9 Å². The highest BCUT2D eigenvalue weighted by Crippen LogP contribution is 2.45. The smallest absolute Gasteiger partial charge is 0.272 e. The molecule has 0 radical (unpaired) electrons. The molecule has 6 heterocycles. The van der Waals surface area contributed by atoms with Gasteiger partial charge in [-0.2, -0.15) is 5.26 Å². The molecule has 2 saturated heterocycles. The Morgan fingerprint density at radius 3 is 2.32 bits per heavy atom. The normalized spacial score (nSPS) is 20.7. The van der Waals surface area contributed by atoms with Crippen molar-refractivity contribution in [2.45, 2.75) is 76.4 Å². The van der Waals surface area contributed by atoms with E-state index in [0.717, 1.165) is 137 Å². The van der Waals surface area contributed by atoms with Gasteiger partial charge in [0.25, 0.3) is 11.5 Å². The molecule has 2 saturated carbocycles. The number of piperazine rings is 1. The van der Waals surface area contributed by atoms with Gasteiger partial charge in [-0.05, 0) is 113 Å². The van der Waals surface area contributed by atoms with Crippen molar-refractivity contribution in [2.75, 3.05) is 85.6 Å². The van der Waals surface area contributed by atoms with Crippen LogP contribution in [0.25, 0.3) is 10.9 Å². The van der Waals surface area contributed by atoms with Crippen molar-refractivity contribution in [2.24, 2.45) is 13.0 Å².